The second-order valence-electron chi connectivity index (χ2n) is 2.65. The van der Waals surface area contributed by atoms with Crippen LogP contribution in [0.15, 0.2) is 0 Å². The number of nitrogens with one attached hydrogen (secondary N) is 1. The van der Waals surface area contributed by atoms with E-state index >= 15 is 0 Å². The van der Waals surface area contributed by atoms with E-state index in [1.807, 2.05) is 0 Å². The van der Waals surface area contributed by atoms with Crippen LogP contribution in [0.2, 0.25) is 0 Å². The van der Waals surface area contributed by atoms with Crippen LogP contribution in [0, 0.1) is 11.3 Å². The number of likely N-dealkylation sites (N-methyl/N-ethyl adjacent to an activating group) is 1. The summed E-state index contributed by atoms with van der Waals surface area (Å²) in [5.74, 6) is 0. The van der Waals surface area contributed by atoms with Crippen LogP contribution < -0.4 is 5.32 Å². The smallest absolute Gasteiger partial charge is 0.119 e. The normalized spacial score (nSPS) is 12.4. The van der Waals surface area contributed by atoms with E-state index < -0.39 is 0 Å². The highest BCUT2D eigenvalue weighted by molar-refractivity contribution is 4.88. The van der Waals surface area contributed by atoms with Gasteiger partial charge in [-0.15, -0.1) is 0 Å². The molecule has 0 radical (unpaired) electrons. The Kier molecular flexibility index (Phi) is 9.91. The van der Waals surface area contributed by atoms with Crippen LogP contribution in [-0.2, 0) is 14.2 Å². The number of nitrogens with zero attached hydrogens (tertiary/aromatic N) is 1. The van der Waals surface area contributed by atoms with Crippen LogP contribution >= 0.6 is 0 Å². The van der Waals surface area contributed by atoms with Gasteiger partial charge in [0.05, 0.1) is 39.1 Å². The molecule has 1 unspecified atom stereocenters. The molecule has 0 aromatic rings. The highest BCUT2D eigenvalue weighted by Crippen LogP contribution is 1.84. The van der Waals surface area contributed by atoms with E-state index in [9.17, 15) is 0 Å². The number of hydrogen-bond acceptors (Lipinski definition) is 5. The van der Waals surface area contributed by atoms with Crippen LogP contribution in [0.5, 0.6) is 0 Å². The lowest BCUT2D eigenvalue weighted by Crippen LogP contribution is -2.29. The molecule has 0 rings (SSSR count). The van der Waals surface area contributed by atoms with E-state index in [1.54, 1.807) is 14.2 Å². The van der Waals surface area contributed by atoms with Crippen molar-refractivity contribution in [2.24, 2.45) is 0 Å². The number of rotatable bonds is 9. The van der Waals surface area contributed by atoms with E-state index in [0.29, 0.717) is 33.0 Å². The Labute approximate surface area is 84.9 Å². The van der Waals surface area contributed by atoms with Gasteiger partial charge in [0, 0.05) is 7.11 Å². The maximum absolute atomic E-state index is 8.56. The molecule has 0 aliphatic carbocycles. The van der Waals surface area contributed by atoms with Gasteiger partial charge in [0.25, 0.3) is 0 Å². The summed E-state index contributed by atoms with van der Waals surface area (Å²) in [6, 6.07) is 1.82. The van der Waals surface area contributed by atoms with Gasteiger partial charge in [0.15, 0.2) is 0 Å². The SMILES string of the molecule is CNC(C#N)COCCOCCOC. The number of methoxy groups -OCH3 is 1. The molecule has 0 heterocycles. The molecule has 82 valence electrons. The average molecular weight is 202 g/mol. The summed E-state index contributed by atoms with van der Waals surface area (Å²) in [5, 5.41) is 11.4. The summed E-state index contributed by atoms with van der Waals surface area (Å²) in [6.07, 6.45) is 0. The van der Waals surface area contributed by atoms with Gasteiger partial charge in [-0.1, -0.05) is 0 Å². The van der Waals surface area contributed by atoms with E-state index in [4.69, 9.17) is 19.5 Å². The van der Waals surface area contributed by atoms with Crippen molar-refractivity contribution in [2.45, 2.75) is 6.04 Å². The zero-order valence-corrected chi connectivity index (χ0v) is 8.78. The topological polar surface area (TPSA) is 63.5 Å². The van der Waals surface area contributed by atoms with Gasteiger partial charge in [0.1, 0.15) is 6.04 Å². The fourth-order valence-corrected chi connectivity index (χ4v) is 0.749. The molecule has 1 atom stereocenters. The Morgan fingerprint density at radius 1 is 1.21 bits per heavy atom. The first kappa shape index (κ1) is 13.3. The monoisotopic (exact) mass is 202 g/mol. The van der Waals surface area contributed by atoms with Crippen molar-refractivity contribution in [3.8, 4) is 6.07 Å². The molecule has 0 saturated carbocycles. The minimum Gasteiger partial charge on any atom is -0.382 e. The lowest BCUT2D eigenvalue weighted by molar-refractivity contribution is 0.0228. The second kappa shape index (κ2) is 10.4. The fraction of sp³-hybridized carbons (Fsp3) is 0.889. The minimum atomic E-state index is -0.242. The van der Waals surface area contributed by atoms with Gasteiger partial charge in [-0.25, -0.2) is 0 Å². The first-order chi connectivity index (χ1) is 6.85. The van der Waals surface area contributed by atoms with Crippen molar-refractivity contribution >= 4 is 0 Å². The van der Waals surface area contributed by atoms with E-state index in [1.165, 1.54) is 0 Å². The first-order valence-electron chi connectivity index (χ1n) is 4.56. The maximum Gasteiger partial charge on any atom is 0.119 e. The molecule has 0 spiro atoms. The van der Waals surface area contributed by atoms with Gasteiger partial charge >= 0.3 is 0 Å². The quantitative estimate of drug-likeness (QED) is 0.524. The van der Waals surface area contributed by atoms with Gasteiger partial charge in [0.2, 0.25) is 0 Å². The molecule has 0 aromatic heterocycles. The lowest BCUT2D eigenvalue weighted by atomic mass is 10.4. The van der Waals surface area contributed by atoms with Gasteiger partial charge in [-0.05, 0) is 7.05 Å². The zero-order chi connectivity index (χ0) is 10.6. The Morgan fingerprint density at radius 2 is 1.86 bits per heavy atom. The van der Waals surface area contributed by atoms with Gasteiger partial charge in [-0.2, -0.15) is 5.26 Å². The summed E-state index contributed by atoms with van der Waals surface area (Å²) >= 11 is 0. The van der Waals surface area contributed by atoms with Crippen molar-refractivity contribution in [3.05, 3.63) is 0 Å². The summed E-state index contributed by atoms with van der Waals surface area (Å²) in [7, 11) is 3.36. The predicted molar refractivity (Wildman–Crippen MR) is 52.0 cm³/mol. The van der Waals surface area contributed by atoms with Crippen molar-refractivity contribution < 1.29 is 14.2 Å². The molecule has 0 aliphatic heterocycles. The molecule has 1 N–H and O–H groups in total. The Hall–Kier alpha value is -0.670. The molecular weight excluding hydrogens is 184 g/mol. The standard InChI is InChI=1S/C9H18N2O3/c1-11-9(7-10)8-14-6-5-13-4-3-12-2/h9,11H,3-6,8H2,1-2H3. The number of ether oxygens (including phenoxy) is 3. The van der Waals surface area contributed by atoms with Crippen molar-refractivity contribution in [2.75, 3.05) is 47.2 Å². The van der Waals surface area contributed by atoms with E-state index in [-0.39, 0.29) is 6.04 Å². The van der Waals surface area contributed by atoms with Gasteiger partial charge in [-0.3, -0.25) is 0 Å². The van der Waals surface area contributed by atoms with Crippen LogP contribution in [0.4, 0.5) is 0 Å². The molecule has 5 heteroatoms. The van der Waals surface area contributed by atoms with Crippen molar-refractivity contribution in [1.82, 2.24) is 5.32 Å². The fourth-order valence-electron chi connectivity index (χ4n) is 0.749. The molecule has 0 saturated heterocycles. The zero-order valence-electron chi connectivity index (χ0n) is 8.78. The average Bonchev–Trinajstić information content (AvgIpc) is 2.22. The van der Waals surface area contributed by atoms with E-state index in [2.05, 4.69) is 11.4 Å². The third-order valence-electron chi connectivity index (χ3n) is 1.59. The van der Waals surface area contributed by atoms with Crippen LogP contribution in [-0.4, -0.2) is 53.2 Å². The third-order valence-corrected chi connectivity index (χ3v) is 1.59. The van der Waals surface area contributed by atoms with Crippen LogP contribution in [0.25, 0.3) is 0 Å². The highest BCUT2D eigenvalue weighted by atomic mass is 16.5. The third kappa shape index (κ3) is 7.95. The molecular formula is C9H18N2O3. The van der Waals surface area contributed by atoms with Crippen LogP contribution in [0.3, 0.4) is 0 Å². The molecule has 0 bridgehead atoms. The number of nitriles is 1. The molecule has 0 aromatic carbocycles. The largest absolute Gasteiger partial charge is 0.382 e. The summed E-state index contributed by atoms with van der Waals surface area (Å²) in [5.41, 5.74) is 0. The number of hydrogen-bond donors (Lipinski definition) is 1. The molecule has 14 heavy (non-hydrogen) atoms. The second-order valence-corrected chi connectivity index (χ2v) is 2.65. The molecule has 0 fully saturated rings. The Morgan fingerprint density at radius 3 is 2.43 bits per heavy atom. The highest BCUT2D eigenvalue weighted by Gasteiger charge is 2.02. The first-order valence-corrected chi connectivity index (χ1v) is 4.56. The summed E-state index contributed by atoms with van der Waals surface area (Å²) in [4.78, 5) is 0. The predicted octanol–water partition coefficient (Wildman–Crippen LogP) is -0.222. The Balaban J connectivity index is 3.09. The van der Waals surface area contributed by atoms with Gasteiger partial charge < -0.3 is 19.5 Å². The minimum absolute atomic E-state index is 0.242. The Bertz CT molecular complexity index is 159. The van der Waals surface area contributed by atoms with E-state index in [0.717, 1.165) is 0 Å². The molecule has 0 aliphatic rings. The van der Waals surface area contributed by atoms with Crippen LogP contribution in [0.1, 0.15) is 0 Å². The summed E-state index contributed by atoms with van der Waals surface area (Å²) in [6.45, 7) is 2.60. The van der Waals surface area contributed by atoms with Crippen molar-refractivity contribution in [3.63, 3.8) is 0 Å². The molecule has 5 nitrogen and oxygen atoms in total. The lowest BCUT2D eigenvalue weighted by Gasteiger charge is -2.08. The van der Waals surface area contributed by atoms with Crippen molar-refractivity contribution in [1.29, 1.82) is 5.26 Å². The molecule has 0 amide bonds. The summed E-state index contributed by atoms with van der Waals surface area (Å²) < 4.78 is 15.2. The maximum atomic E-state index is 8.56.